The van der Waals surface area contributed by atoms with Crippen LogP contribution in [0.4, 0.5) is 4.39 Å². The Labute approximate surface area is 67.1 Å². The molecule has 0 aromatic rings. The molecule has 0 aliphatic heterocycles. The van der Waals surface area contributed by atoms with E-state index >= 15 is 0 Å². The van der Waals surface area contributed by atoms with Gasteiger partial charge in [0.1, 0.15) is 0 Å². The molecule has 0 aliphatic carbocycles. The summed E-state index contributed by atoms with van der Waals surface area (Å²) < 4.78 is 11.4. The van der Waals surface area contributed by atoms with Crippen LogP contribution < -0.4 is 5.32 Å². The lowest BCUT2D eigenvalue weighted by Gasteiger charge is -2.11. The van der Waals surface area contributed by atoms with Gasteiger partial charge in [0.2, 0.25) is 0 Å². The Kier molecular flexibility index (Phi) is 4.68. The second-order valence-electron chi connectivity index (χ2n) is 1.48. The number of hydrogen-bond donors (Lipinski definition) is 2. The summed E-state index contributed by atoms with van der Waals surface area (Å²) in [5.41, 5.74) is 0. The fraction of sp³-hybridized carbons (Fsp3) is 0.750. The van der Waals surface area contributed by atoms with Crippen molar-refractivity contribution in [2.75, 3.05) is 6.67 Å². The first kappa shape index (κ1) is 9.94. The van der Waals surface area contributed by atoms with Gasteiger partial charge in [-0.15, -0.1) is 23.2 Å². The quantitative estimate of drug-likeness (QED) is 0.493. The zero-order valence-corrected chi connectivity index (χ0v) is 6.36. The summed E-state index contributed by atoms with van der Waals surface area (Å²) in [6.07, 6.45) is -1.41. The summed E-state index contributed by atoms with van der Waals surface area (Å²) in [5, 5.41) is 10.5. The van der Waals surface area contributed by atoms with Gasteiger partial charge in [-0.25, -0.2) is 4.39 Å². The zero-order chi connectivity index (χ0) is 8.15. The number of amides is 1. The number of alkyl halides is 3. The van der Waals surface area contributed by atoms with E-state index in [1.54, 1.807) is 5.32 Å². The number of aliphatic hydroxyl groups is 1. The van der Waals surface area contributed by atoms with E-state index in [0.29, 0.717) is 0 Å². The van der Waals surface area contributed by atoms with Gasteiger partial charge in [-0.3, -0.25) is 4.79 Å². The van der Waals surface area contributed by atoms with Crippen LogP contribution in [-0.4, -0.2) is 28.8 Å². The molecule has 0 rings (SSSR count). The molecular weight excluding hydrogens is 184 g/mol. The summed E-state index contributed by atoms with van der Waals surface area (Å²) >= 11 is 10.2. The molecule has 0 bridgehead atoms. The lowest BCUT2D eigenvalue weighted by molar-refractivity contribution is -0.124. The Balaban J connectivity index is 3.57. The summed E-state index contributed by atoms with van der Waals surface area (Å²) in [4.78, 5) is 9.02. The molecule has 0 radical (unpaired) electrons. The van der Waals surface area contributed by atoms with Gasteiger partial charge in [-0.1, -0.05) is 0 Å². The Morgan fingerprint density at radius 2 is 2.20 bits per heavy atom. The fourth-order valence-electron chi connectivity index (χ4n) is 0.267. The van der Waals surface area contributed by atoms with Gasteiger partial charge in [-0.2, -0.15) is 0 Å². The highest BCUT2D eigenvalue weighted by atomic mass is 35.5. The molecule has 2 N–H and O–H groups in total. The maximum Gasteiger partial charge on any atom is 0.253 e. The topological polar surface area (TPSA) is 49.3 Å². The van der Waals surface area contributed by atoms with Crippen molar-refractivity contribution in [3.05, 3.63) is 0 Å². The lowest BCUT2D eigenvalue weighted by atomic mass is 10.6. The number of aliphatic hydroxyl groups excluding tert-OH is 1. The van der Waals surface area contributed by atoms with Crippen LogP contribution in [0.15, 0.2) is 0 Å². The number of carbonyl (C=O) groups excluding carboxylic acids is 1. The van der Waals surface area contributed by atoms with E-state index in [9.17, 15) is 9.18 Å². The van der Waals surface area contributed by atoms with Crippen molar-refractivity contribution in [2.45, 2.75) is 11.1 Å². The predicted molar refractivity (Wildman–Crippen MR) is 35.6 cm³/mol. The first-order valence-electron chi connectivity index (χ1n) is 2.39. The first-order chi connectivity index (χ1) is 4.57. The number of hydrogen-bond acceptors (Lipinski definition) is 2. The van der Waals surface area contributed by atoms with Gasteiger partial charge in [0, 0.05) is 0 Å². The van der Waals surface area contributed by atoms with Gasteiger partial charge in [-0.05, 0) is 0 Å². The maximum absolute atomic E-state index is 11.4. The van der Waals surface area contributed by atoms with Crippen molar-refractivity contribution in [3.63, 3.8) is 0 Å². The van der Waals surface area contributed by atoms with Gasteiger partial charge >= 0.3 is 0 Å². The van der Waals surface area contributed by atoms with E-state index in [-0.39, 0.29) is 0 Å². The van der Waals surface area contributed by atoms with E-state index in [4.69, 9.17) is 28.3 Å². The zero-order valence-electron chi connectivity index (χ0n) is 4.85. The van der Waals surface area contributed by atoms with Crippen LogP contribution in [0.5, 0.6) is 0 Å². The number of carbonyl (C=O) groups is 1. The highest BCUT2D eigenvalue weighted by Gasteiger charge is 2.14. The third kappa shape index (κ3) is 3.87. The third-order valence-corrected chi connectivity index (χ3v) is 1.15. The summed E-state index contributed by atoms with van der Waals surface area (Å²) in [5.74, 6) is -0.946. The van der Waals surface area contributed by atoms with E-state index in [1.165, 1.54) is 0 Å². The molecule has 3 nitrogen and oxygen atoms in total. The summed E-state index contributed by atoms with van der Waals surface area (Å²) in [6, 6.07) is 0. The average molecular weight is 190 g/mol. The van der Waals surface area contributed by atoms with Crippen LogP contribution in [-0.2, 0) is 4.79 Å². The first-order valence-corrected chi connectivity index (χ1v) is 3.26. The molecule has 0 saturated heterocycles. The van der Waals surface area contributed by atoms with E-state index < -0.39 is 23.6 Å². The fourth-order valence-corrected chi connectivity index (χ4v) is 0.393. The van der Waals surface area contributed by atoms with E-state index in [1.807, 2.05) is 0 Å². The van der Waals surface area contributed by atoms with E-state index in [0.717, 1.165) is 0 Å². The molecule has 0 saturated carbocycles. The summed E-state index contributed by atoms with van der Waals surface area (Å²) in [6.45, 7) is -1.20. The summed E-state index contributed by atoms with van der Waals surface area (Å²) in [7, 11) is 0. The van der Waals surface area contributed by atoms with Gasteiger partial charge in [0.15, 0.2) is 17.7 Å². The van der Waals surface area contributed by atoms with Gasteiger partial charge < -0.3 is 10.4 Å². The van der Waals surface area contributed by atoms with Crippen molar-refractivity contribution in [2.24, 2.45) is 0 Å². The second-order valence-corrected chi connectivity index (χ2v) is 2.64. The molecule has 1 atom stereocenters. The van der Waals surface area contributed by atoms with Crippen molar-refractivity contribution >= 4 is 29.1 Å². The Morgan fingerprint density at radius 3 is 2.50 bits per heavy atom. The molecule has 0 aromatic heterocycles. The standard InChI is InChI=1S/C4H6Cl2FNO2/c5-3(6)4(10)8-2(9)1-7/h3-4,10H,1H2,(H,8,9)/t4-/m1/s1. The molecule has 0 spiro atoms. The molecule has 0 aromatic carbocycles. The van der Waals surface area contributed by atoms with Crippen LogP contribution in [0.3, 0.4) is 0 Å². The Bertz CT molecular complexity index is 122. The van der Waals surface area contributed by atoms with Crippen molar-refractivity contribution in [1.82, 2.24) is 5.32 Å². The molecular formula is C4H6Cl2FNO2. The lowest BCUT2D eigenvalue weighted by Crippen LogP contribution is -2.39. The molecule has 60 valence electrons. The van der Waals surface area contributed by atoms with Crippen molar-refractivity contribution in [1.29, 1.82) is 0 Å². The average Bonchev–Trinajstić information content (AvgIpc) is 1.87. The smallest absolute Gasteiger partial charge is 0.253 e. The van der Waals surface area contributed by atoms with Gasteiger partial charge in [0.05, 0.1) is 0 Å². The van der Waals surface area contributed by atoms with Crippen molar-refractivity contribution < 1.29 is 14.3 Å². The molecule has 0 fully saturated rings. The maximum atomic E-state index is 11.4. The second kappa shape index (κ2) is 4.71. The minimum absolute atomic E-state index is 0.946. The highest BCUT2D eigenvalue weighted by molar-refractivity contribution is 6.44. The van der Waals surface area contributed by atoms with Crippen LogP contribution in [0.25, 0.3) is 0 Å². The number of halogens is 3. The van der Waals surface area contributed by atoms with E-state index in [2.05, 4.69) is 0 Å². The minimum atomic E-state index is -1.41. The van der Waals surface area contributed by atoms with Crippen molar-refractivity contribution in [3.8, 4) is 0 Å². The highest BCUT2D eigenvalue weighted by Crippen LogP contribution is 2.04. The molecule has 1 amide bonds. The monoisotopic (exact) mass is 189 g/mol. The SMILES string of the molecule is O=C(CF)N[C@H](O)C(Cl)Cl. The number of nitrogens with one attached hydrogen (secondary N) is 1. The van der Waals surface area contributed by atoms with Crippen LogP contribution in [0, 0.1) is 0 Å². The minimum Gasteiger partial charge on any atom is -0.371 e. The van der Waals surface area contributed by atoms with Gasteiger partial charge in [0.25, 0.3) is 5.91 Å². The predicted octanol–water partition coefficient (Wildman–Crippen LogP) is 0.194. The largest absolute Gasteiger partial charge is 0.371 e. The Hall–Kier alpha value is -0.0600. The molecule has 0 heterocycles. The third-order valence-electron chi connectivity index (χ3n) is 0.669. The molecule has 0 unspecified atom stereocenters. The van der Waals surface area contributed by atoms with Crippen LogP contribution in [0.2, 0.25) is 0 Å². The van der Waals surface area contributed by atoms with Crippen LogP contribution >= 0.6 is 23.2 Å². The normalized spacial score (nSPS) is 13.3. The molecule has 0 aliphatic rings. The molecule has 6 heteroatoms. The van der Waals surface area contributed by atoms with Crippen LogP contribution in [0.1, 0.15) is 0 Å². The Morgan fingerprint density at radius 1 is 1.70 bits per heavy atom. The molecule has 10 heavy (non-hydrogen) atoms. The number of rotatable bonds is 3.